The predicted molar refractivity (Wildman–Crippen MR) is 229 cm³/mol. The van der Waals surface area contributed by atoms with Crippen molar-refractivity contribution in [1.82, 2.24) is 4.90 Å². The molecule has 3 aliphatic rings. The van der Waals surface area contributed by atoms with Crippen molar-refractivity contribution in [2.45, 2.75) is 134 Å². The summed E-state index contributed by atoms with van der Waals surface area (Å²) < 4.78 is 26.3. The van der Waals surface area contributed by atoms with Gasteiger partial charge in [0.15, 0.2) is 0 Å². The third kappa shape index (κ3) is 12.6. The van der Waals surface area contributed by atoms with Gasteiger partial charge in [0.05, 0.1) is 38.1 Å². The van der Waals surface area contributed by atoms with Gasteiger partial charge in [0.1, 0.15) is 31.3 Å². The lowest BCUT2D eigenvalue weighted by atomic mass is 9.55. The summed E-state index contributed by atoms with van der Waals surface area (Å²) in [6.45, 7) is 11.5. The molecule has 11 heteroatoms. The van der Waals surface area contributed by atoms with Gasteiger partial charge in [-0.2, -0.15) is 0 Å². The van der Waals surface area contributed by atoms with E-state index in [9.17, 15) is 20.1 Å². The van der Waals surface area contributed by atoms with Gasteiger partial charge in [0.25, 0.3) is 0 Å². The van der Waals surface area contributed by atoms with Gasteiger partial charge < -0.3 is 44.0 Å². The zero-order valence-electron chi connectivity index (χ0n) is 35.6. The lowest BCUT2D eigenvalue weighted by molar-refractivity contribution is -0.258. The molecule has 1 amide bonds. The zero-order chi connectivity index (χ0) is 41.6. The third-order valence-corrected chi connectivity index (χ3v) is 12.1. The summed E-state index contributed by atoms with van der Waals surface area (Å²) in [5, 5.41) is 33.9. The molecule has 58 heavy (non-hydrogen) atoms. The van der Waals surface area contributed by atoms with Crippen LogP contribution in [0.25, 0.3) is 0 Å². The Kier molecular flexibility index (Phi) is 21.3. The molecule has 326 valence electrons. The Labute approximate surface area is 348 Å². The number of aliphatic hydroxyl groups is 3. The first-order valence-electron chi connectivity index (χ1n) is 22.3. The Balaban J connectivity index is 1.85. The van der Waals surface area contributed by atoms with Gasteiger partial charge in [-0.15, -0.1) is 6.58 Å². The van der Waals surface area contributed by atoms with Crippen LogP contribution < -0.4 is 9.47 Å². The first-order chi connectivity index (χ1) is 28.4. The van der Waals surface area contributed by atoms with Crippen molar-refractivity contribution >= 4 is 11.6 Å². The standard InChI is InChI=1S/C47H74N2O9/c1-5-8-9-10-11-12-13-14-15-22-44(53)49(25-31-55-32-28-52)43-35-41(48-54-4)39-33-36(20-16-18-26-50)38(21-17-19-27-51)45-40-34-37(56-29-6-2)23-24-42(40)58-47(43,46(39)45)57-30-7-3/h6-7,23-24,33-34,36,38,43,45-46,50-52H,2-3,5,8-22,25-32,35H2,1,4H3/t36-,38+,43-,45+,46+,47+/m0/s1. The number of hydrogen-bond acceptors (Lipinski definition) is 10. The Morgan fingerprint density at radius 2 is 1.62 bits per heavy atom. The van der Waals surface area contributed by atoms with E-state index in [1.807, 2.05) is 17.0 Å². The quantitative estimate of drug-likeness (QED) is 0.0384. The highest BCUT2D eigenvalue weighted by molar-refractivity contribution is 6.03. The van der Waals surface area contributed by atoms with Crippen LogP contribution in [0, 0.1) is 17.8 Å². The van der Waals surface area contributed by atoms with Gasteiger partial charge in [-0.05, 0) is 67.7 Å². The summed E-state index contributed by atoms with van der Waals surface area (Å²) in [5.74, 6) is -0.214. The molecule has 2 aliphatic carbocycles. The number of amides is 1. The van der Waals surface area contributed by atoms with Crippen LogP contribution in [0.5, 0.6) is 11.5 Å². The van der Waals surface area contributed by atoms with Crippen molar-refractivity contribution in [3.05, 3.63) is 60.7 Å². The number of allylic oxidation sites excluding steroid dienone is 1. The second-order valence-electron chi connectivity index (χ2n) is 16.1. The molecule has 6 atom stereocenters. The average Bonchev–Trinajstić information content (AvgIpc) is 3.23. The lowest BCUT2D eigenvalue weighted by Crippen LogP contribution is -2.70. The summed E-state index contributed by atoms with van der Waals surface area (Å²) in [7, 11) is 1.56. The molecule has 0 radical (unpaired) electrons. The van der Waals surface area contributed by atoms with E-state index in [0.29, 0.717) is 43.8 Å². The molecule has 1 aliphatic heterocycles. The summed E-state index contributed by atoms with van der Waals surface area (Å²) in [5.41, 5.74) is 2.75. The highest BCUT2D eigenvalue weighted by Crippen LogP contribution is 2.62. The number of hydrogen-bond donors (Lipinski definition) is 3. The van der Waals surface area contributed by atoms with E-state index in [0.717, 1.165) is 61.8 Å². The van der Waals surface area contributed by atoms with Crippen LogP contribution in [0.3, 0.4) is 0 Å². The van der Waals surface area contributed by atoms with Gasteiger partial charge in [0.2, 0.25) is 11.7 Å². The van der Waals surface area contributed by atoms with Crippen LogP contribution >= 0.6 is 0 Å². The molecule has 3 N–H and O–H groups in total. The van der Waals surface area contributed by atoms with Crippen LogP contribution in [0.4, 0.5) is 0 Å². The molecule has 11 nitrogen and oxygen atoms in total. The van der Waals surface area contributed by atoms with Gasteiger partial charge in [-0.3, -0.25) is 4.79 Å². The number of rotatable bonds is 31. The molecule has 0 saturated heterocycles. The molecule has 0 bridgehead atoms. The molecule has 1 aromatic carbocycles. The van der Waals surface area contributed by atoms with Gasteiger partial charge in [0, 0.05) is 44.1 Å². The maximum Gasteiger partial charge on any atom is 0.239 e. The Morgan fingerprint density at radius 1 is 0.914 bits per heavy atom. The Hall–Kier alpha value is -3.22. The van der Waals surface area contributed by atoms with Crippen LogP contribution in [0.2, 0.25) is 0 Å². The summed E-state index contributed by atoms with van der Waals surface area (Å²) in [4.78, 5) is 22.1. The maximum absolute atomic E-state index is 14.7. The maximum atomic E-state index is 14.7. The van der Waals surface area contributed by atoms with Gasteiger partial charge in [-0.25, -0.2) is 0 Å². The fourth-order valence-electron chi connectivity index (χ4n) is 9.52. The number of carbonyl (C=O) groups excluding carboxylic acids is 1. The van der Waals surface area contributed by atoms with Crippen molar-refractivity contribution in [1.29, 1.82) is 0 Å². The van der Waals surface area contributed by atoms with Crippen molar-refractivity contribution < 1.29 is 43.9 Å². The number of carbonyl (C=O) groups is 1. The van der Waals surface area contributed by atoms with E-state index in [1.165, 1.54) is 38.5 Å². The summed E-state index contributed by atoms with van der Waals surface area (Å²) >= 11 is 0. The minimum atomic E-state index is -1.33. The van der Waals surface area contributed by atoms with E-state index < -0.39 is 17.7 Å². The number of aliphatic hydroxyl groups excluding tert-OH is 3. The molecule has 1 fully saturated rings. The molecular formula is C47H74N2O9. The van der Waals surface area contributed by atoms with Crippen LogP contribution in [-0.2, 0) is 19.1 Å². The van der Waals surface area contributed by atoms with Crippen LogP contribution in [-0.4, -0.2) is 104 Å². The molecule has 4 rings (SSSR count). The van der Waals surface area contributed by atoms with Crippen molar-refractivity contribution in [2.24, 2.45) is 22.9 Å². The molecule has 1 aromatic rings. The molecule has 0 unspecified atom stereocenters. The monoisotopic (exact) mass is 811 g/mol. The highest BCUT2D eigenvalue weighted by Gasteiger charge is 2.65. The second-order valence-corrected chi connectivity index (χ2v) is 16.1. The van der Waals surface area contributed by atoms with Crippen LogP contribution in [0.1, 0.15) is 128 Å². The topological polar surface area (TPSA) is 140 Å². The lowest BCUT2D eigenvalue weighted by Gasteiger charge is -2.60. The molecule has 0 spiro atoms. The fraction of sp³-hybridized carbons (Fsp3) is 0.702. The zero-order valence-corrected chi connectivity index (χ0v) is 35.6. The number of fused-ring (bicyclic) bond motifs is 2. The predicted octanol–water partition coefficient (Wildman–Crippen LogP) is 8.27. The molecule has 0 aromatic heterocycles. The number of nitrogens with zero attached hydrogens (tertiary/aromatic N) is 2. The van der Waals surface area contributed by atoms with E-state index in [4.69, 9.17) is 23.8 Å². The number of oxime groups is 1. The Bertz CT molecular complexity index is 1450. The van der Waals surface area contributed by atoms with Crippen molar-refractivity contribution in [3.8, 4) is 11.5 Å². The second kappa shape index (κ2) is 26.1. The normalized spacial score (nSPS) is 24.0. The summed E-state index contributed by atoms with van der Waals surface area (Å²) in [6.07, 6.45) is 21.7. The smallest absolute Gasteiger partial charge is 0.239 e. The number of benzene rings is 1. The van der Waals surface area contributed by atoms with E-state index in [-0.39, 0.29) is 69.8 Å². The fourth-order valence-corrected chi connectivity index (χ4v) is 9.52. The van der Waals surface area contributed by atoms with E-state index in [2.05, 4.69) is 37.4 Å². The first kappa shape index (κ1) is 47.5. The molecular weight excluding hydrogens is 737 g/mol. The summed E-state index contributed by atoms with van der Waals surface area (Å²) in [6, 6.07) is 5.35. The number of unbranched alkanes of at least 4 members (excludes halogenated alkanes) is 10. The van der Waals surface area contributed by atoms with Gasteiger partial charge >= 0.3 is 0 Å². The molecule has 1 saturated carbocycles. The number of ether oxygens (including phenoxy) is 4. The third-order valence-electron chi connectivity index (χ3n) is 12.1. The minimum absolute atomic E-state index is 0.00243. The van der Waals surface area contributed by atoms with E-state index >= 15 is 0 Å². The average molecular weight is 811 g/mol. The van der Waals surface area contributed by atoms with Crippen molar-refractivity contribution in [2.75, 3.05) is 59.9 Å². The van der Waals surface area contributed by atoms with E-state index in [1.54, 1.807) is 19.3 Å². The molecule has 1 heterocycles. The van der Waals surface area contributed by atoms with Crippen LogP contribution in [0.15, 0.2) is 60.3 Å². The largest absolute Gasteiger partial charge is 0.490 e. The highest BCUT2D eigenvalue weighted by atomic mass is 16.7. The SMILES string of the molecule is C=CCOc1ccc2c(c1)[C@H]1[C@H](CCCCO)[C@@H](CCCCO)C=C3C(=NOC)C[C@H](N(CCOCCO)C(=O)CCCCCCCCCCC)[C@@](OCC=C)(O2)[C@H]31. The van der Waals surface area contributed by atoms with Crippen molar-refractivity contribution in [3.63, 3.8) is 0 Å². The minimum Gasteiger partial charge on any atom is -0.490 e. The first-order valence-corrected chi connectivity index (χ1v) is 22.3. The Morgan fingerprint density at radius 3 is 2.29 bits per heavy atom. The van der Waals surface area contributed by atoms with Gasteiger partial charge in [-0.1, -0.05) is 101 Å².